The monoisotopic (exact) mass is 355 g/mol. The van der Waals surface area contributed by atoms with Gasteiger partial charge in [-0.05, 0) is 23.1 Å². The predicted molar refractivity (Wildman–Crippen MR) is 117 cm³/mol. The number of unbranched alkanes of at least 4 members (excludes halogenated alkanes) is 5. The van der Waals surface area contributed by atoms with E-state index < -0.39 is 0 Å². The Hall–Kier alpha value is -2.34. The van der Waals surface area contributed by atoms with Crippen LogP contribution in [0.5, 0.6) is 0 Å². The average molecular weight is 356 g/mol. The maximum atomic E-state index is 3.96. The maximum Gasteiger partial charge on any atom is 0.0451 e. The van der Waals surface area contributed by atoms with Gasteiger partial charge in [0.1, 0.15) is 0 Å². The Bertz CT molecular complexity index is 662. The second-order valence-electron chi connectivity index (χ2n) is 7.37. The van der Waals surface area contributed by atoms with Crippen molar-refractivity contribution in [2.24, 2.45) is 0 Å². The van der Waals surface area contributed by atoms with Gasteiger partial charge in [0, 0.05) is 5.41 Å². The molecule has 0 spiro atoms. The highest BCUT2D eigenvalue weighted by atomic mass is 14.4. The first-order valence-electron chi connectivity index (χ1n) is 10.3. The number of hydrogen-bond acceptors (Lipinski definition) is 0. The summed E-state index contributed by atoms with van der Waals surface area (Å²) in [6, 6.07) is 33.1. The normalized spacial score (nSPS) is 11.4. The maximum absolute atomic E-state index is 3.96. The summed E-state index contributed by atoms with van der Waals surface area (Å²) in [6.07, 6.45) is 8.57. The molecule has 0 bridgehead atoms. The van der Waals surface area contributed by atoms with Gasteiger partial charge in [0.15, 0.2) is 0 Å². The van der Waals surface area contributed by atoms with E-state index in [1.165, 1.54) is 48.8 Å². The van der Waals surface area contributed by atoms with E-state index in [9.17, 15) is 0 Å². The lowest BCUT2D eigenvalue weighted by Gasteiger charge is -2.36. The summed E-state index contributed by atoms with van der Waals surface area (Å²) < 4.78 is 0. The Morgan fingerprint density at radius 3 is 1.26 bits per heavy atom. The lowest BCUT2D eigenvalue weighted by molar-refractivity contribution is 0.500. The molecule has 3 aromatic rings. The van der Waals surface area contributed by atoms with Crippen molar-refractivity contribution in [1.82, 2.24) is 0 Å². The summed E-state index contributed by atoms with van der Waals surface area (Å²) in [6.45, 7) is 3.96. The second kappa shape index (κ2) is 10.1. The van der Waals surface area contributed by atoms with Crippen LogP contribution in [0.3, 0.4) is 0 Å². The molecule has 0 amide bonds. The number of rotatable bonds is 10. The molecule has 0 N–H and O–H groups in total. The largest absolute Gasteiger partial charge is 0.0622 e. The van der Waals surface area contributed by atoms with Gasteiger partial charge in [0.2, 0.25) is 0 Å². The van der Waals surface area contributed by atoms with E-state index in [1.807, 2.05) is 0 Å². The van der Waals surface area contributed by atoms with Crippen LogP contribution < -0.4 is 0 Å². The fourth-order valence-electron chi connectivity index (χ4n) is 4.20. The van der Waals surface area contributed by atoms with E-state index in [0.717, 1.165) is 12.8 Å². The Kier molecular flexibility index (Phi) is 7.27. The zero-order valence-electron chi connectivity index (χ0n) is 16.3. The minimum atomic E-state index is -0.0872. The summed E-state index contributed by atoms with van der Waals surface area (Å²) in [5.74, 6) is 0. The summed E-state index contributed by atoms with van der Waals surface area (Å²) in [7, 11) is 0. The third-order valence-corrected chi connectivity index (χ3v) is 5.60. The predicted octanol–water partition coefficient (Wildman–Crippen LogP) is 7.59. The third kappa shape index (κ3) is 4.69. The van der Waals surface area contributed by atoms with Crippen molar-refractivity contribution in [2.75, 3.05) is 0 Å². The van der Waals surface area contributed by atoms with E-state index in [-0.39, 0.29) is 5.41 Å². The van der Waals surface area contributed by atoms with Crippen molar-refractivity contribution in [3.05, 3.63) is 115 Å². The van der Waals surface area contributed by atoms with Gasteiger partial charge in [0.25, 0.3) is 0 Å². The third-order valence-electron chi connectivity index (χ3n) is 5.60. The average Bonchev–Trinajstić information content (AvgIpc) is 2.75. The van der Waals surface area contributed by atoms with Crippen LogP contribution in [0.25, 0.3) is 0 Å². The molecule has 0 heteroatoms. The molecule has 0 saturated heterocycles. The van der Waals surface area contributed by atoms with E-state index in [2.05, 4.69) is 97.9 Å². The fraction of sp³-hybridized carbons (Fsp3) is 0.296. The molecule has 139 valence electrons. The Balaban J connectivity index is 1.98. The Morgan fingerprint density at radius 1 is 0.481 bits per heavy atom. The molecule has 0 unspecified atom stereocenters. The first-order valence-corrected chi connectivity index (χ1v) is 10.3. The van der Waals surface area contributed by atoms with Crippen molar-refractivity contribution in [3.63, 3.8) is 0 Å². The van der Waals surface area contributed by atoms with Crippen LogP contribution in [0.4, 0.5) is 0 Å². The summed E-state index contributed by atoms with van der Waals surface area (Å²) in [5.41, 5.74) is 4.08. The Labute approximate surface area is 165 Å². The van der Waals surface area contributed by atoms with Crippen molar-refractivity contribution in [2.45, 2.75) is 50.4 Å². The fourth-order valence-corrected chi connectivity index (χ4v) is 4.20. The van der Waals surface area contributed by atoms with Crippen LogP contribution in [0.1, 0.15) is 61.6 Å². The molecular weight excluding hydrogens is 324 g/mol. The van der Waals surface area contributed by atoms with Gasteiger partial charge in [-0.2, -0.15) is 0 Å². The highest BCUT2D eigenvalue weighted by Gasteiger charge is 2.35. The van der Waals surface area contributed by atoms with Gasteiger partial charge in [0.05, 0.1) is 0 Å². The minimum absolute atomic E-state index is 0.0872. The van der Waals surface area contributed by atoms with Crippen molar-refractivity contribution in [3.8, 4) is 0 Å². The summed E-state index contributed by atoms with van der Waals surface area (Å²) >= 11 is 0. The van der Waals surface area contributed by atoms with Crippen LogP contribution in [-0.4, -0.2) is 0 Å². The molecule has 3 rings (SSSR count). The molecule has 0 aliphatic carbocycles. The van der Waals surface area contributed by atoms with E-state index in [4.69, 9.17) is 0 Å². The quantitative estimate of drug-likeness (QED) is 0.260. The molecule has 0 atom stereocenters. The second-order valence-corrected chi connectivity index (χ2v) is 7.37. The highest BCUT2D eigenvalue weighted by molar-refractivity contribution is 5.50. The van der Waals surface area contributed by atoms with Gasteiger partial charge in [-0.25, -0.2) is 0 Å². The van der Waals surface area contributed by atoms with Crippen LogP contribution >= 0.6 is 0 Å². The molecule has 0 fully saturated rings. The van der Waals surface area contributed by atoms with Gasteiger partial charge in [-0.3, -0.25) is 0 Å². The SMILES string of the molecule is [CH2]CCCCCCCC(c1ccccc1)(c1ccccc1)c1ccccc1. The van der Waals surface area contributed by atoms with Crippen molar-refractivity contribution < 1.29 is 0 Å². The minimum Gasteiger partial charge on any atom is -0.0622 e. The zero-order valence-corrected chi connectivity index (χ0v) is 16.3. The molecule has 0 aliphatic rings. The lowest BCUT2D eigenvalue weighted by atomic mass is 9.66. The number of benzene rings is 3. The molecule has 27 heavy (non-hydrogen) atoms. The molecule has 1 radical (unpaired) electrons. The summed E-state index contributed by atoms with van der Waals surface area (Å²) in [4.78, 5) is 0. The zero-order chi connectivity index (χ0) is 18.8. The van der Waals surface area contributed by atoms with Crippen LogP contribution in [0, 0.1) is 6.92 Å². The number of hydrogen-bond donors (Lipinski definition) is 0. The first-order chi connectivity index (χ1) is 13.4. The first kappa shape index (κ1) is 19.4. The van der Waals surface area contributed by atoms with Gasteiger partial charge in [-0.1, -0.05) is 136 Å². The Morgan fingerprint density at radius 2 is 0.852 bits per heavy atom. The molecule has 0 aliphatic heterocycles. The molecular formula is C27H31. The molecule has 0 saturated carbocycles. The molecule has 0 aromatic heterocycles. The summed E-state index contributed by atoms with van der Waals surface area (Å²) in [5, 5.41) is 0. The van der Waals surface area contributed by atoms with Crippen molar-refractivity contribution >= 4 is 0 Å². The topological polar surface area (TPSA) is 0 Å². The molecule has 3 aromatic carbocycles. The lowest BCUT2D eigenvalue weighted by Crippen LogP contribution is -2.29. The van der Waals surface area contributed by atoms with Gasteiger partial charge < -0.3 is 0 Å². The molecule has 0 nitrogen and oxygen atoms in total. The van der Waals surface area contributed by atoms with Crippen LogP contribution in [0.15, 0.2) is 91.0 Å². The van der Waals surface area contributed by atoms with Gasteiger partial charge in [-0.15, -0.1) is 0 Å². The molecule has 0 heterocycles. The van der Waals surface area contributed by atoms with E-state index in [1.54, 1.807) is 0 Å². The van der Waals surface area contributed by atoms with E-state index >= 15 is 0 Å². The highest BCUT2D eigenvalue weighted by Crippen LogP contribution is 2.43. The van der Waals surface area contributed by atoms with Crippen molar-refractivity contribution in [1.29, 1.82) is 0 Å². The smallest absolute Gasteiger partial charge is 0.0451 e. The van der Waals surface area contributed by atoms with Gasteiger partial charge >= 0.3 is 0 Å². The van der Waals surface area contributed by atoms with E-state index in [0.29, 0.717) is 0 Å². The standard InChI is InChI=1S/C27H31/c1-2-3-4-5-6-16-23-27(24-17-10-7-11-18-24,25-19-12-8-13-20-25)26-21-14-9-15-22-26/h7-15,17-22H,1-6,16,23H2. The van der Waals surface area contributed by atoms with Crippen LogP contribution in [0.2, 0.25) is 0 Å². The van der Waals surface area contributed by atoms with Crippen LogP contribution in [-0.2, 0) is 5.41 Å².